The summed E-state index contributed by atoms with van der Waals surface area (Å²) in [6, 6.07) is 8.97. The number of hydrogen-bond acceptors (Lipinski definition) is 6. The third-order valence-electron chi connectivity index (χ3n) is 6.28. The molecule has 5 rings (SSSR count). The van der Waals surface area contributed by atoms with Gasteiger partial charge in [-0.1, -0.05) is 18.2 Å². The second-order valence-corrected chi connectivity index (χ2v) is 8.71. The lowest BCUT2D eigenvalue weighted by Gasteiger charge is -2.34. The summed E-state index contributed by atoms with van der Waals surface area (Å²) in [4.78, 5) is 35.6. The maximum absolute atomic E-state index is 14.7. The molecule has 1 amide bonds. The van der Waals surface area contributed by atoms with Crippen molar-refractivity contribution in [1.29, 1.82) is 0 Å². The monoisotopic (exact) mass is 530 g/mol. The molecule has 1 N–H and O–H groups in total. The largest absolute Gasteiger partial charge is 0.419 e. The van der Waals surface area contributed by atoms with Crippen LogP contribution in [0.4, 0.5) is 27.9 Å². The number of nitrogens with zero attached hydrogens (tertiary/aromatic N) is 5. The van der Waals surface area contributed by atoms with E-state index in [0.29, 0.717) is 28.9 Å². The summed E-state index contributed by atoms with van der Waals surface area (Å²) in [5.74, 6) is -3.14. The van der Waals surface area contributed by atoms with E-state index in [1.807, 2.05) is 0 Å². The summed E-state index contributed by atoms with van der Waals surface area (Å²) in [7, 11) is 0. The summed E-state index contributed by atoms with van der Waals surface area (Å²) in [6.45, 7) is 0.573. The Kier molecular flexibility index (Phi) is 6.51. The van der Waals surface area contributed by atoms with E-state index in [2.05, 4.69) is 20.2 Å². The lowest BCUT2D eigenvalue weighted by molar-refractivity contribution is -0.138. The molecule has 0 atom stereocenters. The number of aromatic amines is 1. The molecule has 1 aliphatic heterocycles. The minimum absolute atomic E-state index is 0.0355. The standard InChI is InChI=1S/C25H19F5N6O2/c26-19-10-14(11-20-16-3-1-2-4-17(16)22(37)34-33-20)9-18(21(19)27)23(38)35-5-7-36(8-6-35)24-31-12-15(13-32-24)25(28,29)30/h1-4,9-10,12-13H,5-8,11H2,(H,34,37). The fourth-order valence-electron chi connectivity index (χ4n) is 4.31. The second-order valence-electron chi connectivity index (χ2n) is 8.71. The second kappa shape index (κ2) is 9.80. The van der Waals surface area contributed by atoms with Crippen molar-refractivity contribution < 1.29 is 26.7 Å². The number of fused-ring (bicyclic) bond motifs is 1. The molecule has 2 aromatic heterocycles. The third-order valence-corrected chi connectivity index (χ3v) is 6.28. The first kappa shape index (κ1) is 25.2. The number of hydrogen-bond donors (Lipinski definition) is 1. The Morgan fingerprint density at radius 2 is 1.63 bits per heavy atom. The van der Waals surface area contributed by atoms with Gasteiger partial charge in [0.05, 0.1) is 22.2 Å². The predicted octanol–water partition coefficient (Wildman–Crippen LogP) is 3.56. The van der Waals surface area contributed by atoms with E-state index in [1.165, 1.54) is 11.0 Å². The molecule has 2 aromatic carbocycles. The average molecular weight is 530 g/mol. The van der Waals surface area contributed by atoms with Gasteiger partial charge < -0.3 is 9.80 Å². The van der Waals surface area contributed by atoms with Gasteiger partial charge in [0, 0.05) is 50.4 Å². The van der Waals surface area contributed by atoms with E-state index in [9.17, 15) is 31.5 Å². The molecule has 0 aliphatic carbocycles. The molecule has 13 heteroatoms. The number of anilines is 1. The van der Waals surface area contributed by atoms with Crippen LogP contribution in [0.3, 0.4) is 0 Å². The molecular formula is C25H19F5N6O2. The van der Waals surface area contributed by atoms with Crippen molar-refractivity contribution in [3.8, 4) is 0 Å². The average Bonchev–Trinajstić information content (AvgIpc) is 2.91. The fraction of sp³-hybridized carbons (Fsp3) is 0.240. The van der Waals surface area contributed by atoms with Gasteiger partial charge in [-0.25, -0.2) is 23.8 Å². The topological polar surface area (TPSA) is 95.1 Å². The molecular weight excluding hydrogens is 511 g/mol. The Morgan fingerprint density at radius 3 is 2.29 bits per heavy atom. The molecule has 4 aromatic rings. The zero-order valence-corrected chi connectivity index (χ0v) is 19.6. The highest BCUT2D eigenvalue weighted by molar-refractivity contribution is 5.95. The summed E-state index contributed by atoms with van der Waals surface area (Å²) in [6.07, 6.45) is -3.15. The fourth-order valence-corrected chi connectivity index (χ4v) is 4.31. The van der Waals surface area contributed by atoms with Crippen LogP contribution in [-0.4, -0.2) is 57.2 Å². The van der Waals surface area contributed by atoms with Crippen molar-refractivity contribution in [2.24, 2.45) is 0 Å². The van der Waals surface area contributed by atoms with Crippen molar-refractivity contribution in [2.75, 3.05) is 31.1 Å². The van der Waals surface area contributed by atoms with Gasteiger partial charge in [-0.05, 0) is 23.8 Å². The molecule has 1 saturated heterocycles. The first-order valence-electron chi connectivity index (χ1n) is 11.5. The molecule has 0 unspecified atom stereocenters. The van der Waals surface area contributed by atoms with Crippen LogP contribution in [0, 0.1) is 11.6 Å². The molecule has 0 radical (unpaired) electrons. The van der Waals surface area contributed by atoms with Gasteiger partial charge in [0.2, 0.25) is 5.95 Å². The Labute approximate surface area is 211 Å². The minimum Gasteiger partial charge on any atom is -0.337 e. The predicted molar refractivity (Wildman–Crippen MR) is 127 cm³/mol. The molecule has 1 aliphatic rings. The Balaban J connectivity index is 1.33. The number of piperazine rings is 1. The van der Waals surface area contributed by atoms with Crippen LogP contribution >= 0.6 is 0 Å². The number of H-pyrrole nitrogens is 1. The minimum atomic E-state index is -4.56. The zero-order chi connectivity index (χ0) is 27.0. The molecule has 3 heterocycles. The number of carbonyl (C=O) groups is 1. The number of benzene rings is 2. The van der Waals surface area contributed by atoms with Crippen LogP contribution in [0.2, 0.25) is 0 Å². The Morgan fingerprint density at radius 1 is 0.974 bits per heavy atom. The number of nitrogens with one attached hydrogen (secondary N) is 1. The maximum atomic E-state index is 14.7. The third kappa shape index (κ3) is 4.91. The van der Waals surface area contributed by atoms with Crippen molar-refractivity contribution in [3.63, 3.8) is 0 Å². The highest BCUT2D eigenvalue weighted by Crippen LogP contribution is 2.28. The van der Waals surface area contributed by atoms with E-state index < -0.39 is 34.8 Å². The molecule has 1 fully saturated rings. The molecule has 196 valence electrons. The lowest BCUT2D eigenvalue weighted by atomic mass is 10.0. The van der Waals surface area contributed by atoms with E-state index in [-0.39, 0.29) is 49.7 Å². The lowest BCUT2D eigenvalue weighted by Crippen LogP contribution is -2.49. The van der Waals surface area contributed by atoms with E-state index in [1.54, 1.807) is 29.2 Å². The number of aromatic nitrogens is 4. The SMILES string of the molecule is O=C(c1cc(Cc2n[nH]c(=O)c3ccccc23)cc(F)c1F)N1CCN(c2ncc(C(F)(F)F)cn2)CC1. The van der Waals surface area contributed by atoms with E-state index >= 15 is 0 Å². The van der Waals surface area contributed by atoms with Gasteiger partial charge in [0.25, 0.3) is 11.5 Å². The normalized spacial score (nSPS) is 14.2. The van der Waals surface area contributed by atoms with Gasteiger partial charge in [0.1, 0.15) is 0 Å². The number of amides is 1. The van der Waals surface area contributed by atoms with Crippen LogP contribution in [-0.2, 0) is 12.6 Å². The Hall–Kier alpha value is -4.42. The van der Waals surface area contributed by atoms with Crippen LogP contribution in [0.5, 0.6) is 0 Å². The van der Waals surface area contributed by atoms with Gasteiger partial charge >= 0.3 is 6.18 Å². The van der Waals surface area contributed by atoms with Gasteiger partial charge in [0.15, 0.2) is 11.6 Å². The van der Waals surface area contributed by atoms with Gasteiger partial charge in [-0.2, -0.15) is 18.3 Å². The van der Waals surface area contributed by atoms with Crippen LogP contribution in [0.25, 0.3) is 10.8 Å². The summed E-state index contributed by atoms with van der Waals surface area (Å²) < 4.78 is 67.5. The van der Waals surface area contributed by atoms with Crippen LogP contribution < -0.4 is 10.5 Å². The van der Waals surface area contributed by atoms with Crippen LogP contribution in [0.15, 0.2) is 53.6 Å². The maximum Gasteiger partial charge on any atom is 0.419 e. The molecule has 0 spiro atoms. The number of carbonyl (C=O) groups excluding carboxylic acids is 1. The molecule has 0 saturated carbocycles. The Bertz CT molecular complexity index is 1560. The van der Waals surface area contributed by atoms with Crippen molar-refractivity contribution in [1.82, 2.24) is 25.1 Å². The van der Waals surface area contributed by atoms with Gasteiger partial charge in [-0.3, -0.25) is 9.59 Å². The molecule has 8 nitrogen and oxygen atoms in total. The quantitative estimate of drug-likeness (QED) is 0.406. The first-order chi connectivity index (χ1) is 18.1. The zero-order valence-electron chi connectivity index (χ0n) is 19.6. The number of alkyl halides is 3. The molecule has 0 bridgehead atoms. The molecule has 38 heavy (non-hydrogen) atoms. The first-order valence-corrected chi connectivity index (χ1v) is 11.5. The summed E-state index contributed by atoms with van der Waals surface area (Å²) in [5, 5.41) is 7.38. The number of rotatable bonds is 4. The van der Waals surface area contributed by atoms with Crippen molar-refractivity contribution >= 4 is 22.6 Å². The summed E-state index contributed by atoms with van der Waals surface area (Å²) >= 11 is 0. The highest BCUT2D eigenvalue weighted by Gasteiger charge is 2.32. The smallest absolute Gasteiger partial charge is 0.337 e. The highest BCUT2D eigenvalue weighted by atomic mass is 19.4. The van der Waals surface area contributed by atoms with E-state index in [0.717, 1.165) is 6.07 Å². The van der Waals surface area contributed by atoms with Crippen molar-refractivity contribution in [3.05, 3.63) is 93.2 Å². The van der Waals surface area contributed by atoms with Crippen molar-refractivity contribution in [2.45, 2.75) is 12.6 Å². The summed E-state index contributed by atoms with van der Waals surface area (Å²) in [5.41, 5.74) is -1.10. The van der Waals surface area contributed by atoms with E-state index in [4.69, 9.17) is 0 Å². The number of halogens is 5. The van der Waals surface area contributed by atoms with Gasteiger partial charge in [-0.15, -0.1) is 0 Å². The van der Waals surface area contributed by atoms with Crippen LogP contribution in [0.1, 0.15) is 27.2 Å².